The van der Waals surface area contributed by atoms with E-state index in [1.807, 2.05) is 59.5 Å². The molecule has 0 spiro atoms. The Morgan fingerprint density at radius 2 is 1.58 bits per heavy atom. The van der Waals surface area contributed by atoms with E-state index < -0.39 is 6.23 Å². The number of hydrogen-bond donors (Lipinski definition) is 0. The second kappa shape index (κ2) is 5.97. The molecule has 26 heavy (non-hydrogen) atoms. The van der Waals surface area contributed by atoms with Crippen LogP contribution in [0.4, 0.5) is 11.4 Å². The first-order valence-corrected chi connectivity index (χ1v) is 9.00. The second-order valence-electron chi connectivity index (χ2n) is 6.62. The van der Waals surface area contributed by atoms with Crippen LogP contribution in [0.1, 0.15) is 22.8 Å². The molecule has 3 nitrogen and oxygen atoms in total. The quantitative estimate of drug-likeness (QED) is 0.607. The van der Waals surface area contributed by atoms with Gasteiger partial charge in [0, 0.05) is 22.7 Å². The SMILES string of the molecule is O=C1Cc2ccccc2N2c3ccccc3C(c3ccc(Cl)cc3)OC12. The molecular weight excluding hydrogens is 346 g/mol. The fourth-order valence-electron chi connectivity index (χ4n) is 3.86. The molecule has 3 aromatic carbocycles. The van der Waals surface area contributed by atoms with Gasteiger partial charge in [0.2, 0.25) is 0 Å². The Hall–Kier alpha value is -2.62. The first-order valence-electron chi connectivity index (χ1n) is 8.62. The van der Waals surface area contributed by atoms with Gasteiger partial charge in [-0.25, -0.2) is 0 Å². The van der Waals surface area contributed by atoms with E-state index in [1.165, 1.54) is 0 Å². The van der Waals surface area contributed by atoms with Gasteiger partial charge in [-0.05, 0) is 35.4 Å². The number of ether oxygens (including phenoxy) is 1. The first kappa shape index (κ1) is 15.6. The Bertz CT molecular complexity index is 999. The van der Waals surface area contributed by atoms with Gasteiger partial charge in [0.15, 0.2) is 12.0 Å². The van der Waals surface area contributed by atoms with Crippen molar-refractivity contribution in [1.29, 1.82) is 0 Å². The number of carbonyl (C=O) groups is 1. The van der Waals surface area contributed by atoms with E-state index in [0.29, 0.717) is 11.4 Å². The lowest BCUT2D eigenvalue weighted by Crippen LogP contribution is -2.48. The molecule has 3 aromatic rings. The molecule has 0 saturated heterocycles. The standard InChI is InChI=1S/C22H16ClNO2/c23-16-11-9-14(10-12-16)21-17-6-2-4-8-19(17)24-18-7-3-1-5-15(18)13-20(25)22(24)26-21/h1-12,21-22H,13H2. The molecule has 0 amide bonds. The molecule has 0 aromatic heterocycles. The van der Waals surface area contributed by atoms with Gasteiger partial charge in [0.1, 0.15) is 6.10 Å². The minimum Gasteiger partial charge on any atom is -0.338 e. The summed E-state index contributed by atoms with van der Waals surface area (Å²) in [6.45, 7) is 0. The van der Waals surface area contributed by atoms with E-state index in [-0.39, 0.29) is 11.9 Å². The third-order valence-corrected chi connectivity index (χ3v) is 5.29. The Kier molecular flexibility index (Phi) is 3.59. The number of rotatable bonds is 1. The maximum absolute atomic E-state index is 12.8. The lowest BCUT2D eigenvalue weighted by Gasteiger charge is -2.44. The number of anilines is 2. The van der Waals surface area contributed by atoms with Crippen LogP contribution in [0.3, 0.4) is 0 Å². The van der Waals surface area contributed by atoms with Crippen LogP contribution in [0.25, 0.3) is 0 Å². The fourth-order valence-corrected chi connectivity index (χ4v) is 3.99. The lowest BCUT2D eigenvalue weighted by atomic mass is 9.92. The number of benzene rings is 3. The van der Waals surface area contributed by atoms with E-state index >= 15 is 0 Å². The summed E-state index contributed by atoms with van der Waals surface area (Å²) in [7, 11) is 0. The molecule has 2 atom stereocenters. The van der Waals surface area contributed by atoms with E-state index in [4.69, 9.17) is 16.3 Å². The predicted molar refractivity (Wildman–Crippen MR) is 102 cm³/mol. The molecule has 4 heteroatoms. The maximum atomic E-state index is 12.8. The zero-order valence-corrected chi connectivity index (χ0v) is 14.7. The average Bonchev–Trinajstić information content (AvgIpc) is 2.68. The molecule has 0 fully saturated rings. The van der Waals surface area contributed by atoms with Crippen molar-refractivity contribution in [2.45, 2.75) is 18.8 Å². The number of fused-ring (bicyclic) bond motifs is 5. The van der Waals surface area contributed by atoms with E-state index in [2.05, 4.69) is 18.2 Å². The zero-order chi connectivity index (χ0) is 17.7. The van der Waals surface area contributed by atoms with Crippen LogP contribution >= 0.6 is 11.6 Å². The van der Waals surface area contributed by atoms with Crippen molar-refractivity contribution in [3.05, 3.63) is 94.5 Å². The molecule has 0 saturated carbocycles. The van der Waals surface area contributed by atoms with Crippen LogP contribution in [0.15, 0.2) is 72.8 Å². The highest BCUT2D eigenvalue weighted by molar-refractivity contribution is 6.30. The fraction of sp³-hybridized carbons (Fsp3) is 0.136. The molecular formula is C22H16ClNO2. The predicted octanol–water partition coefficient (Wildman–Crippen LogP) is 5.05. The van der Waals surface area contributed by atoms with Crippen molar-refractivity contribution in [2.75, 3.05) is 4.90 Å². The van der Waals surface area contributed by atoms with Crippen molar-refractivity contribution < 1.29 is 9.53 Å². The largest absolute Gasteiger partial charge is 0.338 e. The van der Waals surface area contributed by atoms with Gasteiger partial charge >= 0.3 is 0 Å². The number of halogens is 1. The number of Topliss-reactive ketones (excluding diaryl/α,β-unsaturated/α-hetero) is 1. The minimum absolute atomic E-state index is 0.0807. The smallest absolute Gasteiger partial charge is 0.195 e. The van der Waals surface area contributed by atoms with Crippen molar-refractivity contribution in [3.63, 3.8) is 0 Å². The number of para-hydroxylation sites is 2. The summed E-state index contributed by atoms with van der Waals surface area (Å²) < 4.78 is 6.35. The third kappa shape index (κ3) is 2.36. The number of hydrogen-bond acceptors (Lipinski definition) is 3. The van der Waals surface area contributed by atoms with Gasteiger partial charge in [0.25, 0.3) is 0 Å². The van der Waals surface area contributed by atoms with Gasteiger partial charge in [0.05, 0.1) is 5.69 Å². The van der Waals surface area contributed by atoms with Crippen LogP contribution in [0.5, 0.6) is 0 Å². The summed E-state index contributed by atoms with van der Waals surface area (Å²) in [5, 5.41) is 0.683. The topological polar surface area (TPSA) is 29.5 Å². The second-order valence-corrected chi connectivity index (χ2v) is 7.06. The number of carbonyl (C=O) groups excluding carboxylic acids is 1. The molecule has 5 rings (SSSR count). The highest BCUT2D eigenvalue weighted by atomic mass is 35.5. The van der Waals surface area contributed by atoms with Crippen LogP contribution in [-0.4, -0.2) is 12.0 Å². The lowest BCUT2D eigenvalue weighted by molar-refractivity contribution is -0.133. The Morgan fingerprint density at radius 1 is 0.885 bits per heavy atom. The molecule has 2 aliphatic heterocycles. The van der Waals surface area contributed by atoms with Crippen LogP contribution in [-0.2, 0) is 16.0 Å². The summed E-state index contributed by atoms with van der Waals surface area (Å²) in [5.41, 5.74) is 5.14. The number of ketones is 1. The van der Waals surface area contributed by atoms with Gasteiger partial charge in [-0.1, -0.05) is 60.1 Å². The third-order valence-electron chi connectivity index (χ3n) is 5.04. The molecule has 2 aliphatic rings. The molecule has 2 unspecified atom stereocenters. The van der Waals surface area contributed by atoms with Gasteiger partial charge in [-0.2, -0.15) is 0 Å². The minimum atomic E-state index is -0.611. The zero-order valence-electron chi connectivity index (χ0n) is 13.9. The summed E-state index contributed by atoms with van der Waals surface area (Å²) in [5.74, 6) is 0.0807. The molecule has 0 radical (unpaired) electrons. The summed E-state index contributed by atoms with van der Waals surface area (Å²) in [6.07, 6.45) is -0.508. The molecule has 0 bridgehead atoms. The molecule has 2 heterocycles. The van der Waals surface area contributed by atoms with Crippen LogP contribution in [0.2, 0.25) is 5.02 Å². The van der Waals surface area contributed by atoms with Crippen LogP contribution in [0, 0.1) is 0 Å². The summed E-state index contributed by atoms with van der Waals surface area (Å²) >= 11 is 6.04. The van der Waals surface area contributed by atoms with Gasteiger partial charge in [-0.3, -0.25) is 4.79 Å². The highest BCUT2D eigenvalue weighted by Crippen LogP contribution is 2.46. The Labute approximate surface area is 156 Å². The highest BCUT2D eigenvalue weighted by Gasteiger charge is 2.42. The van der Waals surface area contributed by atoms with E-state index in [9.17, 15) is 4.79 Å². The van der Waals surface area contributed by atoms with Crippen LogP contribution < -0.4 is 4.90 Å². The molecule has 128 valence electrons. The normalized spacial score (nSPS) is 21.0. The monoisotopic (exact) mass is 361 g/mol. The van der Waals surface area contributed by atoms with Crippen molar-refractivity contribution in [3.8, 4) is 0 Å². The molecule has 0 aliphatic carbocycles. The Morgan fingerprint density at radius 3 is 2.38 bits per heavy atom. The average molecular weight is 362 g/mol. The van der Waals surface area contributed by atoms with E-state index in [1.54, 1.807) is 0 Å². The van der Waals surface area contributed by atoms with Crippen molar-refractivity contribution >= 4 is 28.8 Å². The van der Waals surface area contributed by atoms with E-state index in [0.717, 1.165) is 28.1 Å². The van der Waals surface area contributed by atoms with Gasteiger partial charge in [-0.15, -0.1) is 0 Å². The Balaban J connectivity index is 1.70. The van der Waals surface area contributed by atoms with Gasteiger partial charge < -0.3 is 9.64 Å². The maximum Gasteiger partial charge on any atom is 0.195 e. The first-order chi connectivity index (χ1) is 12.7. The molecule has 0 N–H and O–H groups in total. The summed E-state index contributed by atoms with van der Waals surface area (Å²) in [4.78, 5) is 14.9. The van der Waals surface area contributed by atoms with Crippen molar-refractivity contribution in [2.24, 2.45) is 0 Å². The summed E-state index contributed by atoms with van der Waals surface area (Å²) in [6, 6.07) is 23.8. The number of nitrogens with zero attached hydrogens (tertiary/aromatic N) is 1. The van der Waals surface area contributed by atoms with Crippen molar-refractivity contribution in [1.82, 2.24) is 0 Å².